The van der Waals surface area contributed by atoms with E-state index in [0.717, 1.165) is 34.0 Å². The normalized spacial score (nSPS) is 14.0. The molecule has 9 heteroatoms. The van der Waals surface area contributed by atoms with Gasteiger partial charge in [0.25, 0.3) is 5.91 Å². The Morgan fingerprint density at radius 3 is 2.68 bits per heavy atom. The summed E-state index contributed by atoms with van der Waals surface area (Å²) in [5.74, 6) is -0.959. The van der Waals surface area contributed by atoms with E-state index in [0.29, 0.717) is 0 Å². The second-order valence-corrected chi connectivity index (χ2v) is 9.49. The maximum Gasteiger partial charge on any atom is 0.264 e. The molecule has 3 aromatic rings. The Balaban J connectivity index is 1.82. The predicted molar refractivity (Wildman–Crippen MR) is 105 cm³/mol. The van der Waals surface area contributed by atoms with Gasteiger partial charge in [-0.3, -0.25) is 19.7 Å². The van der Waals surface area contributed by atoms with Gasteiger partial charge in [-0.05, 0) is 44.0 Å². The number of nitrogens with zero attached hydrogens (tertiary/aromatic N) is 3. The van der Waals surface area contributed by atoms with Crippen LogP contribution in [-0.2, 0) is 21.2 Å². The highest BCUT2D eigenvalue weighted by molar-refractivity contribution is 7.92. The van der Waals surface area contributed by atoms with Gasteiger partial charge in [0, 0.05) is 35.6 Å². The molecule has 0 fully saturated rings. The lowest BCUT2D eigenvalue weighted by molar-refractivity contribution is -0.131. The molecule has 1 amide bonds. The van der Waals surface area contributed by atoms with Gasteiger partial charge in [-0.1, -0.05) is 12.1 Å². The summed E-state index contributed by atoms with van der Waals surface area (Å²) in [6.45, 7) is 3.43. The van der Waals surface area contributed by atoms with Crippen LogP contribution < -0.4 is 5.48 Å². The van der Waals surface area contributed by atoms with Crippen molar-refractivity contribution >= 4 is 26.6 Å². The average Bonchev–Trinajstić information content (AvgIpc) is 3.13. The molecule has 2 heterocycles. The number of rotatable bonds is 6. The lowest BCUT2D eigenvalue weighted by atomic mass is 10.1. The van der Waals surface area contributed by atoms with Gasteiger partial charge in [0.05, 0.1) is 11.7 Å². The summed E-state index contributed by atoms with van der Waals surface area (Å²) in [5, 5.41) is 14.2. The zero-order valence-electron chi connectivity index (χ0n) is 15.9. The summed E-state index contributed by atoms with van der Waals surface area (Å²) in [6, 6.07) is 9.88. The van der Waals surface area contributed by atoms with Gasteiger partial charge in [0.15, 0.2) is 14.6 Å². The number of sulfone groups is 1. The third-order valence-electron chi connectivity index (χ3n) is 5.01. The number of aryl methyl sites for hydroxylation is 2. The Morgan fingerprint density at radius 1 is 1.25 bits per heavy atom. The summed E-state index contributed by atoms with van der Waals surface area (Å²) in [6.07, 6.45) is 4.43. The Hall–Kier alpha value is -2.78. The molecule has 3 rings (SSSR count). The highest BCUT2D eigenvalue weighted by Gasteiger charge is 2.43. The Labute approximate surface area is 163 Å². The number of fused-ring (bicyclic) bond motifs is 1. The van der Waals surface area contributed by atoms with Crippen molar-refractivity contribution in [2.75, 3.05) is 6.26 Å². The molecule has 0 spiro atoms. The minimum atomic E-state index is -3.74. The molecule has 0 saturated carbocycles. The molecule has 1 aromatic carbocycles. The maximum absolute atomic E-state index is 12.0. The van der Waals surface area contributed by atoms with Crippen molar-refractivity contribution in [3.63, 3.8) is 0 Å². The first-order valence-corrected chi connectivity index (χ1v) is 10.6. The summed E-state index contributed by atoms with van der Waals surface area (Å²) >= 11 is 0. The van der Waals surface area contributed by atoms with E-state index in [1.54, 1.807) is 17.1 Å². The minimum Gasteiger partial charge on any atom is -0.289 e. The molecular weight excluding hydrogens is 380 g/mol. The number of pyridine rings is 1. The highest BCUT2D eigenvalue weighted by atomic mass is 32.2. The van der Waals surface area contributed by atoms with Gasteiger partial charge in [-0.25, -0.2) is 13.9 Å². The highest BCUT2D eigenvalue weighted by Crippen LogP contribution is 2.25. The third kappa shape index (κ3) is 3.76. The number of aromatic nitrogens is 3. The van der Waals surface area contributed by atoms with Crippen molar-refractivity contribution in [3.8, 4) is 11.1 Å². The molecule has 2 N–H and O–H groups in total. The van der Waals surface area contributed by atoms with Gasteiger partial charge >= 0.3 is 0 Å². The van der Waals surface area contributed by atoms with Crippen molar-refractivity contribution < 1.29 is 18.4 Å². The first kappa shape index (κ1) is 20.0. The molecular formula is C19H22N4O4S. The van der Waals surface area contributed by atoms with E-state index in [2.05, 4.69) is 10.1 Å². The van der Waals surface area contributed by atoms with Crippen LogP contribution in [0.5, 0.6) is 0 Å². The topological polar surface area (TPSA) is 114 Å². The molecule has 8 nitrogen and oxygen atoms in total. The van der Waals surface area contributed by atoms with Gasteiger partial charge in [-0.2, -0.15) is 5.10 Å². The number of carbonyl (C=O) groups excluding carboxylic acids is 1. The summed E-state index contributed by atoms with van der Waals surface area (Å²) in [7, 11) is -3.74. The largest absolute Gasteiger partial charge is 0.289 e. The minimum absolute atomic E-state index is 0.0275. The molecule has 0 bridgehead atoms. The maximum atomic E-state index is 12.0. The number of hydrogen-bond acceptors (Lipinski definition) is 6. The molecule has 0 radical (unpaired) electrons. The lowest BCUT2D eigenvalue weighted by Gasteiger charge is -2.24. The van der Waals surface area contributed by atoms with E-state index >= 15 is 0 Å². The number of nitrogens with one attached hydrogen (secondary N) is 1. The molecule has 28 heavy (non-hydrogen) atoms. The van der Waals surface area contributed by atoms with Crippen LogP contribution in [-0.4, -0.2) is 45.3 Å². The fourth-order valence-corrected chi connectivity index (χ4v) is 3.80. The fraction of sp³-hybridized carbons (Fsp3) is 0.316. The zero-order chi connectivity index (χ0) is 20.5. The smallest absolute Gasteiger partial charge is 0.264 e. The van der Waals surface area contributed by atoms with Gasteiger partial charge < -0.3 is 0 Å². The number of benzene rings is 1. The van der Waals surface area contributed by atoms with E-state index in [1.165, 1.54) is 12.4 Å². The summed E-state index contributed by atoms with van der Waals surface area (Å²) in [4.78, 5) is 16.4. The average molecular weight is 402 g/mol. The number of carbonyl (C=O) groups is 1. The zero-order valence-corrected chi connectivity index (χ0v) is 16.7. The Bertz CT molecular complexity index is 1140. The van der Waals surface area contributed by atoms with Crippen LogP contribution in [0.2, 0.25) is 0 Å². The molecule has 2 aromatic heterocycles. The second-order valence-electron chi connectivity index (χ2n) is 7.05. The summed E-state index contributed by atoms with van der Waals surface area (Å²) in [5.41, 5.74) is 5.14. The van der Waals surface area contributed by atoms with E-state index < -0.39 is 20.5 Å². The SMILES string of the molecule is Cc1ccc2cc(-c3cnn(CCC(C)(C(=O)NO)S(C)(=O)=O)c3)ccc2n1. The van der Waals surface area contributed by atoms with Crippen LogP contribution in [0.3, 0.4) is 0 Å². The summed E-state index contributed by atoms with van der Waals surface area (Å²) < 4.78 is 23.9. The van der Waals surface area contributed by atoms with E-state index in [1.807, 2.05) is 37.3 Å². The fourth-order valence-electron chi connectivity index (χ4n) is 2.96. The first-order chi connectivity index (χ1) is 13.1. The molecule has 1 unspecified atom stereocenters. The monoisotopic (exact) mass is 402 g/mol. The number of amides is 1. The molecule has 0 saturated heterocycles. The van der Waals surface area contributed by atoms with E-state index in [4.69, 9.17) is 5.21 Å². The quantitative estimate of drug-likeness (QED) is 0.482. The van der Waals surface area contributed by atoms with E-state index in [9.17, 15) is 13.2 Å². The van der Waals surface area contributed by atoms with Crippen LogP contribution in [0.15, 0.2) is 42.7 Å². The van der Waals surface area contributed by atoms with Crippen molar-refractivity contribution in [1.29, 1.82) is 0 Å². The van der Waals surface area contributed by atoms with Crippen LogP contribution >= 0.6 is 0 Å². The van der Waals surface area contributed by atoms with Gasteiger partial charge in [-0.15, -0.1) is 0 Å². The number of hydrogen-bond donors (Lipinski definition) is 2. The Morgan fingerprint density at radius 2 is 2.00 bits per heavy atom. The van der Waals surface area contributed by atoms with Crippen molar-refractivity contribution in [3.05, 3.63) is 48.4 Å². The lowest BCUT2D eigenvalue weighted by Crippen LogP contribution is -2.49. The number of hydroxylamine groups is 1. The van der Waals surface area contributed by atoms with Crippen LogP contribution in [0.1, 0.15) is 19.0 Å². The van der Waals surface area contributed by atoms with Gasteiger partial charge in [0.2, 0.25) is 0 Å². The van der Waals surface area contributed by atoms with Crippen LogP contribution in [0.4, 0.5) is 0 Å². The first-order valence-electron chi connectivity index (χ1n) is 8.68. The van der Waals surface area contributed by atoms with Crippen LogP contribution in [0.25, 0.3) is 22.0 Å². The third-order valence-corrected chi connectivity index (χ3v) is 7.04. The standard InChI is InChI=1S/C19H22N4O4S/c1-13-4-5-15-10-14(6-7-17(15)21-13)16-11-20-23(12-16)9-8-19(2,18(24)22-25)28(3,26)27/h4-7,10-12,25H,8-9H2,1-3H3,(H,22,24). The second kappa shape index (κ2) is 7.33. The van der Waals surface area contributed by atoms with Crippen molar-refractivity contribution in [2.45, 2.75) is 31.6 Å². The Kier molecular flexibility index (Phi) is 5.22. The molecule has 0 aliphatic heterocycles. The van der Waals surface area contributed by atoms with E-state index in [-0.39, 0.29) is 13.0 Å². The molecule has 0 aliphatic rings. The predicted octanol–water partition coefficient (Wildman–Crippen LogP) is 2.11. The van der Waals surface area contributed by atoms with Crippen molar-refractivity contribution in [2.24, 2.45) is 0 Å². The van der Waals surface area contributed by atoms with Crippen molar-refractivity contribution in [1.82, 2.24) is 20.2 Å². The molecule has 0 aliphatic carbocycles. The molecule has 148 valence electrons. The van der Waals surface area contributed by atoms with Gasteiger partial charge in [0.1, 0.15) is 0 Å². The van der Waals surface area contributed by atoms with Crippen LogP contribution in [0, 0.1) is 6.92 Å². The molecule has 1 atom stereocenters.